The molecule has 1 N–H and O–H groups in total. The summed E-state index contributed by atoms with van der Waals surface area (Å²) in [5.41, 5.74) is 1.22. The van der Waals surface area contributed by atoms with Crippen LogP contribution in [-0.2, 0) is 0 Å². The Hall–Kier alpha value is -2.74. The van der Waals surface area contributed by atoms with Crippen LogP contribution in [0.15, 0.2) is 36.7 Å². The molecule has 8 nitrogen and oxygen atoms in total. The van der Waals surface area contributed by atoms with Crippen molar-refractivity contribution < 1.29 is 9.72 Å². The van der Waals surface area contributed by atoms with Crippen molar-refractivity contribution in [2.24, 2.45) is 0 Å². The van der Waals surface area contributed by atoms with E-state index in [1.807, 2.05) is 4.90 Å². The molecule has 1 unspecified atom stereocenters. The first kappa shape index (κ1) is 17.1. The van der Waals surface area contributed by atoms with E-state index in [0.29, 0.717) is 17.8 Å². The molecule has 1 aromatic carbocycles. The minimum atomic E-state index is -0.444. The smallest absolute Gasteiger partial charge is 0.269 e. The summed E-state index contributed by atoms with van der Waals surface area (Å²) in [6, 6.07) is 6.29. The van der Waals surface area contributed by atoms with Gasteiger partial charge in [-0.05, 0) is 31.5 Å². The third-order valence-corrected chi connectivity index (χ3v) is 4.36. The lowest BCUT2D eigenvalue weighted by atomic mass is 10.1. The molecule has 0 aliphatic carbocycles. The Kier molecular flexibility index (Phi) is 5.08. The first-order valence-electron chi connectivity index (χ1n) is 8.41. The maximum Gasteiger partial charge on any atom is 0.269 e. The number of nitro benzene ring substituents is 1. The molecule has 1 aliphatic rings. The molecule has 2 aromatic rings. The molecule has 2 heterocycles. The van der Waals surface area contributed by atoms with E-state index in [-0.39, 0.29) is 17.6 Å². The SMILES string of the molecule is CCCN(C(=O)c1cnn(-c2ccc([N+](=O)[O-])cc2)c1)C1CCNC1. The minimum Gasteiger partial charge on any atom is -0.334 e. The fourth-order valence-electron chi connectivity index (χ4n) is 3.06. The largest absolute Gasteiger partial charge is 0.334 e. The van der Waals surface area contributed by atoms with Crippen molar-refractivity contribution in [3.8, 4) is 5.69 Å². The van der Waals surface area contributed by atoms with E-state index in [9.17, 15) is 14.9 Å². The Balaban J connectivity index is 1.79. The van der Waals surface area contributed by atoms with Gasteiger partial charge in [0.25, 0.3) is 11.6 Å². The average Bonchev–Trinajstić information content (AvgIpc) is 3.31. The Morgan fingerprint density at radius 2 is 2.20 bits per heavy atom. The first-order chi connectivity index (χ1) is 12.1. The summed E-state index contributed by atoms with van der Waals surface area (Å²) in [5, 5.41) is 18.3. The second kappa shape index (κ2) is 7.43. The van der Waals surface area contributed by atoms with Crippen LogP contribution in [0.3, 0.4) is 0 Å². The summed E-state index contributed by atoms with van der Waals surface area (Å²) in [7, 11) is 0. The summed E-state index contributed by atoms with van der Waals surface area (Å²) in [6.07, 6.45) is 5.09. The predicted octanol–water partition coefficient (Wildman–Crippen LogP) is 1.99. The number of benzene rings is 1. The molecule has 1 fully saturated rings. The van der Waals surface area contributed by atoms with Crippen LogP contribution in [0.5, 0.6) is 0 Å². The molecule has 25 heavy (non-hydrogen) atoms. The third-order valence-electron chi connectivity index (χ3n) is 4.36. The highest BCUT2D eigenvalue weighted by Gasteiger charge is 2.27. The molecule has 8 heteroatoms. The summed E-state index contributed by atoms with van der Waals surface area (Å²) in [6.45, 7) is 4.53. The zero-order valence-corrected chi connectivity index (χ0v) is 14.1. The van der Waals surface area contributed by atoms with Gasteiger partial charge in [-0.3, -0.25) is 14.9 Å². The fraction of sp³-hybridized carbons (Fsp3) is 0.412. The number of hydrogen-bond acceptors (Lipinski definition) is 5. The van der Waals surface area contributed by atoms with Crippen molar-refractivity contribution in [3.05, 3.63) is 52.3 Å². The topological polar surface area (TPSA) is 93.3 Å². The molecule has 1 saturated heterocycles. The predicted molar refractivity (Wildman–Crippen MR) is 92.8 cm³/mol. The van der Waals surface area contributed by atoms with E-state index in [2.05, 4.69) is 17.3 Å². The van der Waals surface area contributed by atoms with Crippen molar-refractivity contribution in [3.63, 3.8) is 0 Å². The number of hydrogen-bond donors (Lipinski definition) is 1. The van der Waals surface area contributed by atoms with Crippen molar-refractivity contribution in [1.82, 2.24) is 20.0 Å². The number of carbonyl (C=O) groups is 1. The summed E-state index contributed by atoms with van der Waals surface area (Å²) < 4.78 is 1.56. The van der Waals surface area contributed by atoms with E-state index in [1.54, 1.807) is 29.2 Å². The van der Waals surface area contributed by atoms with Gasteiger partial charge in [-0.15, -0.1) is 0 Å². The molecule has 1 aliphatic heterocycles. The monoisotopic (exact) mass is 343 g/mol. The second-order valence-electron chi connectivity index (χ2n) is 6.09. The highest BCUT2D eigenvalue weighted by molar-refractivity contribution is 5.94. The fourth-order valence-corrected chi connectivity index (χ4v) is 3.06. The van der Waals surface area contributed by atoms with Crippen molar-refractivity contribution in [2.45, 2.75) is 25.8 Å². The molecule has 1 atom stereocenters. The number of rotatable bonds is 6. The molecule has 1 amide bonds. The highest BCUT2D eigenvalue weighted by Crippen LogP contribution is 2.17. The van der Waals surface area contributed by atoms with Gasteiger partial charge in [0, 0.05) is 37.5 Å². The van der Waals surface area contributed by atoms with Gasteiger partial charge in [0.15, 0.2) is 0 Å². The minimum absolute atomic E-state index is 0.0232. The zero-order chi connectivity index (χ0) is 17.8. The van der Waals surface area contributed by atoms with Crippen LogP contribution in [0.25, 0.3) is 5.69 Å². The first-order valence-corrected chi connectivity index (χ1v) is 8.41. The van der Waals surface area contributed by atoms with E-state index < -0.39 is 4.92 Å². The van der Waals surface area contributed by atoms with Gasteiger partial charge in [0.2, 0.25) is 0 Å². The normalized spacial score (nSPS) is 16.8. The second-order valence-corrected chi connectivity index (χ2v) is 6.09. The lowest BCUT2D eigenvalue weighted by Gasteiger charge is -2.27. The third kappa shape index (κ3) is 3.69. The van der Waals surface area contributed by atoms with Gasteiger partial charge in [-0.25, -0.2) is 4.68 Å². The molecule has 3 rings (SSSR count). The van der Waals surface area contributed by atoms with Crippen LogP contribution in [0, 0.1) is 10.1 Å². The lowest BCUT2D eigenvalue weighted by Crippen LogP contribution is -2.42. The van der Waals surface area contributed by atoms with Gasteiger partial charge in [0.05, 0.1) is 22.4 Å². The van der Waals surface area contributed by atoms with Crippen LogP contribution in [-0.4, -0.2) is 51.2 Å². The number of nitrogens with zero attached hydrogens (tertiary/aromatic N) is 4. The van der Waals surface area contributed by atoms with Gasteiger partial charge in [-0.2, -0.15) is 5.10 Å². The molecule has 0 radical (unpaired) electrons. The van der Waals surface area contributed by atoms with Crippen LogP contribution >= 0.6 is 0 Å². The molecular weight excluding hydrogens is 322 g/mol. The summed E-state index contributed by atoms with van der Waals surface area (Å²) in [4.78, 5) is 25.1. The number of nitro groups is 1. The standard InChI is InChI=1S/C17H21N5O3/c1-2-9-20(16-7-8-18-11-16)17(23)13-10-19-21(12-13)14-3-5-15(6-4-14)22(24)25/h3-6,10,12,16,18H,2,7-9,11H2,1H3. The van der Waals surface area contributed by atoms with E-state index in [4.69, 9.17) is 0 Å². The molecule has 132 valence electrons. The van der Waals surface area contributed by atoms with E-state index in [1.165, 1.54) is 12.1 Å². The lowest BCUT2D eigenvalue weighted by molar-refractivity contribution is -0.384. The maximum atomic E-state index is 12.9. The summed E-state index contributed by atoms with van der Waals surface area (Å²) in [5.74, 6) is -0.0243. The quantitative estimate of drug-likeness (QED) is 0.639. The molecule has 0 spiro atoms. The Labute approximate surface area is 145 Å². The van der Waals surface area contributed by atoms with E-state index in [0.717, 1.165) is 25.9 Å². The summed E-state index contributed by atoms with van der Waals surface area (Å²) >= 11 is 0. The van der Waals surface area contributed by atoms with Crippen molar-refractivity contribution >= 4 is 11.6 Å². The molecular formula is C17H21N5O3. The number of amides is 1. The van der Waals surface area contributed by atoms with Crippen LogP contribution in [0.2, 0.25) is 0 Å². The maximum absolute atomic E-state index is 12.9. The van der Waals surface area contributed by atoms with Crippen molar-refractivity contribution in [1.29, 1.82) is 0 Å². The van der Waals surface area contributed by atoms with Crippen LogP contribution in [0.4, 0.5) is 5.69 Å². The van der Waals surface area contributed by atoms with Gasteiger partial charge < -0.3 is 10.2 Å². The molecule has 1 aromatic heterocycles. The van der Waals surface area contributed by atoms with E-state index >= 15 is 0 Å². The Morgan fingerprint density at radius 1 is 1.44 bits per heavy atom. The van der Waals surface area contributed by atoms with Crippen LogP contribution < -0.4 is 5.32 Å². The van der Waals surface area contributed by atoms with Crippen molar-refractivity contribution in [2.75, 3.05) is 19.6 Å². The van der Waals surface area contributed by atoms with Gasteiger partial charge >= 0.3 is 0 Å². The molecule has 0 saturated carbocycles. The number of aromatic nitrogens is 2. The zero-order valence-electron chi connectivity index (χ0n) is 14.1. The number of non-ortho nitro benzene ring substituents is 1. The van der Waals surface area contributed by atoms with Gasteiger partial charge in [-0.1, -0.05) is 6.92 Å². The molecule has 0 bridgehead atoms. The Morgan fingerprint density at radius 3 is 2.80 bits per heavy atom. The average molecular weight is 343 g/mol. The van der Waals surface area contributed by atoms with Crippen LogP contribution in [0.1, 0.15) is 30.1 Å². The number of carbonyl (C=O) groups excluding carboxylic acids is 1. The Bertz CT molecular complexity index is 750. The highest BCUT2D eigenvalue weighted by atomic mass is 16.6. The number of nitrogens with one attached hydrogen (secondary N) is 1. The van der Waals surface area contributed by atoms with Gasteiger partial charge in [0.1, 0.15) is 0 Å².